The van der Waals surface area contributed by atoms with Gasteiger partial charge >= 0.3 is 0 Å². The van der Waals surface area contributed by atoms with E-state index in [0.717, 1.165) is 21.6 Å². The largest absolute Gasteiger partial charge is 0.370 e. The molecule has 0 aromatic heterocycles. The lowest BCUT2D eigenvalue weighted by molar-refractivity contribution is -0.142. The number of likely N-dealkylation sites (tertiary alicyclic amines) is 1. The number of nitrogens with two attached hydrogens (primary N) is 4. The topological polar surface area (TPSA) is 391 Å². The van der Waals surface area contributed by atoms with Crippen LogP contribution in [-0.4, -0.2) is 155 Å². The molecule has 26 heteroatoms. The molecule has 72 heavy (non-hydrogen) atoms. The molecule has 0 spiro atoms. The lowest BCUT2D eigenvalue weighted by Crippen LogP contribution is -2.61. The summed E-state index contributed by atoms with van der Waals surface area (Å²) in [6.45, 7) is 7.47. The first-order valence-corrected chi connectivity index (χ1v) is 26.6. The second-order valence-electron chi connectivity index (χ2n) is 18.2. The Morgan fingerprint density at radius 3 is 2.04 bits per heavy atom. The van der Waals surface area contributed by atoms with Crippen LogP contribution in [0.25, 0.3) is 0 Å². The summed E-state index contributed by atoms with van der Waals surface area (Å²) < 4.78 is 0. The highest BCUT2D eigenvalue weighted by Gasteiger charge is 2.41. The number of primary amides is 3. The Bertz CT molecular complexity index is 2070. The van der Waals surface area contributed by atoms with Crippen molar-refractivity contribution in [1.82, 2.24) is 47.4 Å². The number of benzene rings is 1. The summed E-state index contributed by atoms with van der Waals surface area (Å²) in [4.78, 5) is 149. The maximum Gasteiger partial charge on any atom is 0.246 e. The van der Waals surface area contributed by atoms with Gasteiger partial charge in [0.2, 0.25) is 65.0 Å². The minimum Gasteiger partial charge on any atom is -0.370 e. The van der Waals surface area contributed by atoms with Crippen molar-refractivity contribution in [2.45, 2.75) is 146 Å². The van der Waals surface area contributed by atoms with Crippen molar-refractivity contribution >= 4 is 86.6 Å². The van der Waals surface area contributed by atoms with Crippen molar-refractivity contribution in [2.75, 3.05) is 31.1 Å². The summed E-state index contributed by atoms with van der Waals surface area (Å²) in [5, 5.41) is 21.5. The van der Waals surface area contributed by atoms with Gasteiger partial charge in [-0.15, -0.1) is 0 Å². The summed E-state index contributed by atoms with van der Waals surface area (Å²) in [6.07, 6.45) is 0.419. The van der Waals surface area contributed by atoms with Crippen LogP contribution in [0.1, 0.15) is 91.0 Å². The van der Waals surface area contributed by atoms with Gasteiger partial charge in [-0.3, -0.25) is 52.7 Å². The highest BCUT2D eigenvalue weighted by Crippen LogP contribution is 2.26. The maximum atomic E-state index is 14.6. The van der Waals surface area contributed by atoms with Crippen LogP contribution in [0, 0.1) is 5.92 Å². The molecular weight excluding hydrogens is 975 g/mol. The lowest BCUT2D eigenvalue weighted by Gasteiger charge is -2.31. The molecule has 1 aromatic rings. The molecule has 9 atom stereocenters. The molecule has 2 aliphatic rings. The van der Waals surface area contributed by atoms with Crippen molar-refractivity contribution in [3.05, 3.63) is 35.9 Å². The Kier molecular flexibility index (Phi) is 25.8. The Morgan fingerprint density at radius 2 is 1.40 bits per heavy atom. The number of nitrogens with zero attached hydrogens (tertiary/aromatic N) is 1. The molecule has 2 saturated heterocycles. The minimum absolute atomic E-state index is 0.00361. The predicted octanol–water partition coefficient (Wildman–Crippen LogP) is -3.19. The van der Waals surface area contributed by atoms with Gasteiger partial charge in [-0.1, -0.05) is 86.0 Å². The SMILES string of the molecule is CC[C@H](C)[C@@H]1NC(=O)[C@H](Cc2ccccc2)NC(=O)[C@@H](N)CSSC[C@@H](C(=O)N2CCC[C@H]2C(=O)N[C@@H](CCCNC(C)C)C(=O)NCC(N)=O)NC(=O)[C@H](CC(N)=O)NC(=O)[C@H](CCCC(N)=O)NC1=O. The van der Waals surface area contributed by atoms with Crippen LogP contribution in [0.4, 0.5) is 0 Å². The normalized spacial score (nSPS) is 23.8. The molecule has 2 heterocycles. The van der Waals surface area contributed by atoms with Crippen LogP contribution in [-0.2, 0) is 59.2 Å². The van der Waals surface area contributed by atoms with Gasteiger partial charge in [-0.25, -0.2) is 0 Å². The Morgan fingerprint density at radius 1 is 0.764 bits per heavy atom. The molecular formula is C46H73N13O11S2. The van der Waals surface area contributed by atoms with Crippen LogP contribution in [0.3, 0.4) is 0 Å². The highest BCUT2D eigenvalue weighted by molar-refractivity contribution is 8.76. The first kappa shape index (κ1) is 60.3. The van der Waals surface area contributed by atoms with Gasteiger partial charge in [-0.05, 0) is 56.6 Å². The Hall–Kier alpha value is -5.99. The van der Waals surface area contributed by atoms with Gasteiger partial charge in [0, 0.05) is 36.9 Å². The zero-order valence-electron chi connectivity index (χ0n) is 41.3. The standard InChI is InChI=1S/C46H73N13O11S2/c1-5-26(4)38-45(69)54-30(14-9-17-35(48)60)41(65)56-32(21-36(49)61)42(66)57-33(24-72-71-23-28(47)39(63)55-31(43(67)58-38)20-27-12-7-6-8-13-27)46(70)59-19-11-16-34(59)44(68)53-29(15-10-18-51-25(2)3)40(64)52-22-37(50)62/h6-8,12-13,25-26,28-34,38,51H,5,9-11,14-24,47H2,1-4H3,(H2,48,60)(H2,49,61)(H2,50,62)(H,52,64)(H,53,68)(H,54,69)(H,55,63)(H,56,65)(H,57,66)(H,58,67)/t26-,28-,29-,30-,31-,32-,33-,34-,38-/m0/s1. The molecule has 400 valence electrons. The smallest absolute Gasteiger partial charge is 0.246 e. The molecule has 11 amide bonds. The summed E-state index contributed by atoms with van der Waals surface area (Å²) in [6, 6.07) is -1.56. The van der Waals surface area contributed by atoms with E-state index in [9.17, 15) is 52.7 Å². The van der Waals surface area contributed by atoms with E-state index in [1.807, 2.05) is 13.8 Å². The number of amides is 11. The fraction of sp³-hybridized carbons (Fsp3) is 0.630. The summed E-state index contributed by atoms with van der Waals surface area (Å²) in [5.74, 6) is -9.60. The number of rotatable bonds is 21. The van der Waals surface area contributed by atoms with E-state index in [1.54, 1.807) is 44.2 Å². The van der Waals surface area contributed by atoms with E-state index in [0.29, 0.717) is 31.4 Å². The summed E-state index contributed by atoms with van der Waals surface area (Å²) in [7, 11) is 2.11. The molecule has 0 saturated carbocycles. The molecule has 0 aliphatic carbocycles. The molecule has 2 aliphatic heterocycles. The number of nitrogens with one attached hydrogen (secondary N) is 8. The number of carbonyl (C=O) groups excluding carboxylic acids is 11. The van der Waals surface area contributed by atoms with Crippen LogP contribution < -0.4 is 65.5 Å². The lowest BCUT2D eigenvalue weighted by atomic mass is 9.96. The van der Waals surface area contributed by atoms with E-state index in [1.165, 1.54) is 4.90 Å². The predicted molar refractivity (Wildman–Crippen MR) is 270 cm³/mol. The van der Waals surface area contributed by atoms with Crippen molar-refractivity contribution < 1.29 is 52.7 Å². The van der Waals surface area contributed by atoms with Crippen LogP contribution in [0.15, 0.2) is 30.3 Å². The minimum atomic E-state index is -1.72. The van der Waals surface area contributed by atoms with E-state index in [-0.39, 0.29) is 62.6 Å². The third-order valence-electron chi connectivity index (χ3n) is 11.9. The molecule has 3 rings (SSSR count). The fourth-order valence-corrected chi connectivity index (χ4v) is 10.1. The van der Waals surface area contributed by atoms with Crippen molar-refractivity contribution in [3.63, 3.8) is 0 Å². The second-order valence-corrected chi connectivity index (χ2v) is 20.7. The first-order chi connectivity index (χ1) is 34.1. The number of hydrogen-bond acceptors (Lipinski definition) is 15. The van der Waals surface area contributed by atoms with Crippen molar-refractivity contribution in [1.29, 1.82) is 0 Å². The quantitative estimate of drug-likeness (QED) is 0.0427. The maximum absolute atomic E-state index is 14.6. The van der Waals surface area contributed by atoms with Gasteiger partial charge in [0.15, 0.2) is 0 Å². The van der Waals surface area contributed by atoms with E-state index in [4.69, 9.17) is 22.9 Å². The number of carbonyl (C=O) groups is 11. The molecule has 0 unspecified atom stereocenters. The van der Waals surface area contributed by atoms with Gasteiger partial charge in [0.25, 0.3) is 0 Å². The highest BCUT2D eigenvalue weighted by atomic mass is 33.1. The average Bonchev–Trinajstić information content (AvgIpc) is 3.83. The summed E-state index contributed by atoms with van der Waals surface area (Å²) in [5.41, 5.74) is 23.2. The molecule has 1 aromatic carbocycles. The Labute approximate surface area is 427 Å². The molecule has 24 nitrogen and oxygen atoms in total. The molecule has 2 fully saturated rings. The Balaban J connectivity index is 2.04. The van der Waals surface area contributed by atoms with Crippen molar-refractivity contribution in [2.24, 2.45) is 28.9 Å². The van der Waals surface area contributed by atoms with Gasteiger partial charge < -0.3 is 70.4 Å². The van der Waals surface area contributed by atoms with Gasteiger partial charge in [-0.2, -0.15) is 0 Å². The third kappa shape index (κ3) is 20.6. The molecule has 16 N–H and O–H groups in total. The van der Waals surface area contributed by atoms with Crippen LogP contribution in [0.5, 0.6) is 0 Å². The zero-order valence-corrected chi connectivity index (χ0v) is 43.0. The molecule has 0 bridgehead atoms. The molecule has 0 radical (unpaired) electrons. The summed E-state index contributed by atoms with van der Waals surface area (Å²) >= 11 is 0. The van der Waals surface area contributed by atoms with Crippen molar-refractivity contribution in [3.8, 4) is 0 Å². The van der Waals surface area contributed by atoms with E-state index >= 15 is 0 Å². The monoisotopic (exact) mass is 1050 g/mol. The first-order valence-electron chi connectivity index (χ1n) is 24.1. The van der Waals surface area contributed by atoms with Crippen LogP contribution in [0.2, 0.25) is 0 Å². The fourth-order valence-electron chi connectivity index (χ4n) is 7.78. The van der Waals surface area contributed by atoms with Gasteiger partial charge in [0.05, 0.1) is 19.0 Å². The van der Waals surface area contributed by atoms with Gasteiger partial charge in [0.1, 0.15) is 42.3 Å². The van der Waals surface area contributed by atoms with E-state index in [2.05, 4.69) is 42.5 Å². The second kappa shape index (κ2) is 30.8. The third-order valence-corrected chi connectivity index (χ3v) is 14.4. The van der Waals surface area contributed by atoms with Crippen LogP contribution >= 0.6 is 21.6 Å². The number of hydrogen-bond donors (Lipinski definition) is 12. The van der Waals surface area contributed by atoms with E-state index < -0.39 is 132 Å². The zero-order chi connectivity index (χ0) is 53.5. The average molecular weight is 1050 g/mol.